The molecule has 1 aliphatic carbocycles. The van der Waals surface area contributed by atoms with Crippen molar-refractivity contribution < 1.29 is 23.9 Å². The molecule has 7 nitrogen and oxygen atoms in total. The number of benzene rings is 1. The van der Waals surface area contributed by atoms with Crippen LogP contribution in [0.5, 0.6) is 0 Å². The number of esters is 1. The molecule has 30 heavy (non-hydrogen) atoms. The molecule has 2 amide bonds. The van der Waals surface area contributed by atoms with Crippen LogP contribution in [-0.2, 0) is 25.7 Å². The highest BCUT2D eigenvalue weighted by atomic mass is 16.5. The topological polar surface area (TPSA) is 84.9 Å². The number of carbonyl (C=O) groups excluding carboxylic acids is 3. The molecule has 0 bridgehead atoms. The van der Waals surface area contributed by atoms with Crippen LogP contribution in [0.15, 0.2) is 30.3 Å². The van der Waals surface area contributed by atoms with E-state index >= 15 is 0 Å². The van der Waals surface area contributed by atoms with Crippen LogP contribution in [0.2, 0.25) is 0 Å². The molecule has 1 N–H and O–H groups in total. The Kier molecular flexibility index (Phi) is 6.38. The van der Waals surface area contributed by atoms with E-state index in [0.29, 0.717) is 13.0 Å². The van der Waals surface area contributed by atoms with Gasteiger partial charge in [0.25, 0.3) is 0 Å². The predicted molar refractivity (Wildman–Crippen MR) is 111 cm³/mol. The number of fused-ring (bicyclic) bond motifs is 1. The highest BCUT2D eigenvalue weighted by Crippen LogP contribution is 2.65. The number of carbonyl (C=O) groups is 3. The van der Waals surface area contributed by atoms with E-state index in [1.807, 2.05) is 44.2 Å². The number of nitrogens with one attached hydrogen (secondary N) is 1. The second-order valence-electron chi connectivity index (χ2n) is 8.98. The first-order chi connectivity index (χ1) is 14.2. The van der Waals surface area contributed by atoms with Gasteiger partial charge in [0.05, 0.1) is 7.11 Å². The van der Waals surface area contributed by atoms with Crippen LogP contribution < -0.4 is 5.32 Å². The third-order valence-electron chi connectivity index (χ3n) is 6.90. The molecule has 2 aliphatic rings. The van der Waals surface area contributed by atoms with Gasteiger partial charge in [-0.15, -0.1) is 0 Å². The summed E-state index contributed by atoms with van der Waals surface area (Å²) in [5.74, 6) is -0.384. The molecule has 164 valence electrons. The van der Waals surface area contributed by atoms with Crippen LogP contribution in [0.4, 0.5) is 4.79 Å². The highest BCUT2D eigenvalue weighted by molar-refractivity contribution is 5.91. The molecule has 1 aromatic rings. The fourth-order valence-corrected chi connectivity index (χ4v) is 4.66. The molecule has 3 rings (SSSR count). The summed E-state index contributed by atoms with van der Waals surface area (Å²) in [6.07, 6.45) is 0.0570. The molecule has 7 heteroatoms. The summed E-state index contributed by atoms with van der Waals surface area (Å²) in [6, 6.07) is 8.00. The van der Waals surface area contributed by atoms with E-state index < -0.39 is 24.1 Å². The zero-order chi connectivity index (χ0) is 22.1. The van der Waals surface area contributed by atoms with Gasteiger partial charge < -0.3 is 19.7 Å². The molecule has 1 heterocycles. The Morgan fingerprint density at radius 2 is 1.90 bits per heavy atom. The van der Waals surface area contributed by atoms with Crippen molar-refractivity contribution in [3.63, 3.8) is 0 Å². The van der Waals surface area contributed by atoms with E-state index in [-0.39, 0.29) is 35.7 Å². The average molecular weight is 417 g/mol. The summed E-state index contributed by atoms with van der Waals surface area (Å²) in [5.41, 5.74) is 0.885. The fraction of sp³-hybridized carbons (Fsp3) is 0.609. The van der Waals surface area contributed by atoms with Crippen LogP contribution in [0, 0.1) is 23.2 Å². The molecule has 5 atom stereocenters. The number of piperidine rings is 1. The molecule has 0 unspecified atom stereocenters. The van der Waals surface area contributed by atoms with Crippen LogP contribution in [0.25, 0.3) is 0 Å². The smallest absolute Gasteiger partial charge is 0.408 e. The zero-order valence-corrected chi connectivity index (χ0v) is 18.4. The third-order valence-corrected chi connectivity index (χ3v) is 6.90. The van der Waals surface area contributed by atoms with Gasteiger partial charge in [0, 0.05) is 12.5 Å². The number of hydrogen-bond donors (Lipinski definition) is 1. The van der Waals surface area contributed by atoms with Gasteiger partial charge >= 0.3 is 12.1 Å². The Balaban J connectivity index is 1.69. The fourth-order valence-electron chi connectivity index (χ4n) is 4.66. The lowest BCUT2D eigenvalue weighted by molar-refractivity contribution is -0.154. The molecule has 1 aromatic carbocycles. The van der Waals surface area contributed by atoms with E-state index in [4.69, 9.17) is 9.47 Å². The van der Waals surface area contributed by atoms with Crippen molar-refractivity contribution in [1.82, 2.24) is 10.2 Å². The summed E-state index contributed by atoms with van der Waals surface area (Å²) in [7, 11) is 1.35. The van der Waals surface area contributed by atoms with Gasteiger partial charge in [-0.25, -0.2) is 9.59 Å². The number of hydrogen-bond acceptors (Lipinski definition) is 5. The summed E-state index contributed by atoms with van der Waals surface area (Å²) in [4.78, 5) is 39.9. The van der Waals surface area contributed by atoms with Gasteiger partial charge in [-0.05, 0) is 22.8 Å². The lowest BCUT2D eigenvalue weighted by Crippen LogP contribution is -2.56. The lowest BCUT2D eigenvalue weighted by atomic mass is 9.95. The van der Waals surface area contributed by atoms with Crippen molar-refractivity contribution in [1.29, 1.82) is 0 Å². The van der Waals surface area contributed by atoms with Crippen molar-refractivity contribution in [2.24, 2.45) is 23.2 Å². The van der Waals surface area contributed by atoms with Crippen molar-refractivity contribution in [3.05, 3.63) is 35.9 Å². The maximum atomic E-state index is 13.4. The number of likely N-dealkylation sites (tertiary alicyclic amines) is 1. The van der Waals surface area contributed by atoms with E-state index in [0.717, 1.165) is 5.56 Å². The van der Waals surface area contributed by atoms with Crippen LogP contribution in [0.1, 0.15) is 39.7 Å². The van der Waals surface area contributed by atoms with Crippen LogP contribution in [0.3, 0.4) is 0 Å². The minimum Gasteiger partial charge on any atom is -0.467 e. The minimum absolute atomic E-state index is 0.0174. The van der Waals surface area contributed by atoms with E-state index in [9.17, 15) is 14.4 Å². The van der Waals surface area contributed by atoms with Gasteiger partial charge in [0.2, 0.25) is 5.91 Å². The number of alkyl carbamates (subject to hydrolysis) is 1. The molecule has 1 aliphatic heterocycles. The molecule has 0 aromatic heterocycles. The number of rotatable bonds is 7. The first-order valence-corrected chi connectivity index (χ1v) is 10.6. The first-order valence-electron chi connectivity index (χ1n) is 10.6. The number of nitrogens with zero attached hydrogens (tertiary/aromatic N) is 1. The quantitative estimate of drug-likeness (QED) is 0.691. The standard InChI is InChI=1S/C23H32N2O5/c1-6-14(2)18(24-22(28)30-13-15-10-8-7-9-11-15)20(26)25-12-16-17(23(16,3)4)19(25)21(27)29-5/h7-11,14,16-19H,6,12-13H2,1-5H3,(H,24,28)/t14-,16+,17+,18+,19+/m1/s1. The molecule has 2 fully saturated rings. The van der Waals surface area contributed by atoms with Crippen molar-refractivity contribution in [2.45, 2.75) is 52.8 Å². The van der Waals surface area contributed by atoms with Gasteiger partial charge in [0.15, 0.2) is 0 Å². The Morgan fingerprint density at radius 3 is 2.50 bits per heavy atom. The van der Waals surface area contributed by atoms with Gasteiger partial charge in [-0.3, -0.25) is 4.79 Å². The van der Waals surface area contributed by atoms with Crippen LogP contribution >= 0.6 is 0 Å². The minimum atomic E-state index is -0.758. The Labute approximate surface area is 178 Å². The number of ether oxygens (including phenoxy) is 2. The van der Waals surface area contributed by atoms with Gasteiger partial charge in [-0.1, -0.05) is 64.4 Å². The second kappa shape index (κ2) is 8.66. The largest absolute Gasteiger partial charge is 0.467 e. The van der Waals surface area contributed by atoms with E-state index in [2.05, 4.69) is 19.2 Å². The Hall–Kier alpha value is -2.57. The summed E-state index contributed by atoms with van der Waals surface area (Å²) in [6.45, 7) is 8.74. The average Bonchev–Trinajstić information content (AvgIpc) is 3.08. The van der Waals surface area contributed by atoms with Crippen molar-refractivity contribution in [3.8, 4) is 0 Å². The van der Waals surface area contributed by atoms with Crippen LogP contribution in [-0.4, -0.2) is 48.6 Å². The van der Waals surface area contributed by atoms with Gasteiger partial charge in [0.1, 0.15) is 18.7 Å². The Bertz CT molecular complexity index is 794. The Morgan fingerprint density at radius 1 is 1.23 bits per heavy atom. The zero-order valence-electron chi connectivity index (χ0n) is 18.4. The molecule has 0 radical (unpaired) electrons. The highest BCUT2D eigenvalue weighted by Gasteiger charge is 2.70. The monoisotopic (exact) mass is 416 g/mol. The summed E-state index contributed by atoms with van der Waals surface area (Å²) < 4.78 is 10.3. The molecule has 1 saturated heterocycles. The van der Waals surface area contributed by atoms with Crippen molar-refractivity contribution in [2.75, 3.05) is 13.7 Å². The van der Waals surface area contributed by atoms with Gasteiger partial charge in [-0.2, -0.15) is 0 Å². The maximum absolute atomic E-state index is 13.4. The van der Waals surface area contributed by atoms with Crippen molar-refractivity contribution >= 4 is 18.0 Å². The van der Waals surface area contributed by atoms with E-state index in [1.165, 1.54) is 7.11 Å². The lowest BCUT2D eigenvalue weighted by Gasteiger charge is -2.33. The predicted octanol–water partition coefficient (Wildman–Crippen LogP) is 2.98. The maximum Gasteiger partial charge on any atom is 0.408 e. The second-order valence-corrected chi connectivity index (χ2v) is 8.98. The molecular weight excluding hydrogens is 384 g/mol. The van der Waals surface area contributed by atoms with E-state index in [1.54, 1.807) is 4.90 Å². The summed E-state index contributed by atoms with van der Waals surface area (Å²) >= 11 is 0. The molecule has 1 saturated carbocycles. The molecule has 0 spiro atoms. The normalized spacial score (nSPS) is 25.6. The third kappa shape index (κ3) is 4.16. The number of methoxy groups -OCH3 is 1. The SMILES string of the molecule is CC[C@@H](C)[C@H](NC(=O)OCc1ccccc1)C(=O)N1C[C@H]2[C@@H]([C@H]1C(=O)OC)C2(C)C. The summed E-state index contributed by atoms with van der Waals surface area (Å²) in [5, 5.41) is 2.74. The molecular formula is C23H32N2O5. The first kappa shape index (κ1) is 22.1. The number of amides is 2.